The summed E-state index contributed by atoms with van der Waals surface area (Å²) < 4.78 is 11.5. The first-order valence-electron chi connectivity index (χ1n) is 14.0. The van der Waals surface area contributed by atoms with E-state index in [9.17, 15) is 20.0 Å². The number of carbonyl (C=O) groups excluding carboxylic acids is 2. The number of ether oxygens (including phenoxy) is 2. The minimum atomic E-state index is -1.12. The first kappa shape index (κ1) is 27.4. The molecule has 0 radical (unpaired) electrons. The number of nitrogens with one attached hydrogen (secondary N) is 4. The van der Waals surface area contributed by atoms with E-state index in [4.69, 9.17) is 9.47 Å². The van der Waals surface area contributed by atoms with Gasteiger partial charge in [-0.15, -0.1) is 0 Å². The number of aliphatic hydroxyl groups is 1. The van der Waals surface area contributed by atoms with Crippen molar-refractivity contribution in [3.63, 3.8) is 0 Å². The second-order valence-corrected chi connectivity index (χ2v) is 10.7. The van der Waals surface area contributed by atoms with Crippen molar-refractivity contribution in [1.82, 2.24) is 25.8 Å². The number of hydrogen-bond donors (Lipinski definition) is 5. The average molecular weight is 539 g/mol. The van der Waals surface area contributed by atoms with Crippen LogP contribution in [-0.2, 0) is 14.3 Å². The Kier molecular flexibility index (Phi) is 8.98. The second kappa shape index (κ2) is 12.8. The van der Waals surface area contributed by atoms with Gasteiger partial charge in [0, 0.05) is 43.0 Å². The number of carbonyl (C=O) groups is 2. The summed E-state index contributed by atoms with van der Waals surface area (Å²) >= 11 is 0. The molecule has 1 aliphatic carbocycles. The third-order valence-corrected chi connectivity index (χ3v) is 7.81. The van der Waals surface area contributed by atoms with Crippen molar-refractivity contribution in [2.45, 2.75) is 50.4 Å². The van der Waals surface area contributed by atoms with Crippen molar-refractivity contribution in [3.05, 3.63) is 30.0 Å². The molecule has 0 bridgehead atoms. The maximum Gasteiger partial charge on any atom is 0.238 e. The molecule has 2 amide bonds. The lowest BCUT2D eigenvalue weighted by atomic mass is 9.98. The van der Waals surface area contributed by atoms with Crippen LogP contribution in [0.25, 0.3) is 10.9 Å². The number of H-pyrrole nitrogens is 1. The van der Waals surface area contributed by atoms with Crippen LogP contribution < -0.4 is 20.7 Å². The molecule has 11 nitrogen and oxygen atoms in total. The number of morpholine rings is 1. The van der Waals surface area contributed by atoms with Gasteiger partial charge < -0.3 is 30.2 Å². The summed E-state index contributed by atoms with van der Waals surface area (Å²) in [5.41, 5.74) is 1.36. The first-order chi connectivity index (χ1) is 19.0. The quantitative estimate of drug-likeness (QED) is 0.238. The zero-order valence-corrected chi connectivity index (χ0v) is 22.2. The van der Waals surface area contributed by atoms with Crippen LogP contribution in [0.1, 0.15) is 44.0 Å². The molecule has 3 fully saturated rings. The number of nitrogens with zero attached hydrogens (tertiary/aromatic N) is 2. The molecule has 3 heterocycles. The van der Waals surface area contributed by atoms with Crippen LogP contribution in [0.4, 0.5) is 0 Å². The third-order valence-electron chi connectivity index (χ3n) is 7.81. The number of benzene rings is 1. The summed E-state index contributed by atoms with van der Waals surface area (Å²) in [5.74, 6) is 0.461. The number of fused-ring (bicyclic) bond motifs is 1. The molecular formula is C28H38N6O5. The molecule has 210 valence electrons. The van der Waals surface area contributed by atoms with E-state index in [2.05, 4.69) is 31.9 Å². The van der Waals surface area contributed by atoms with Gasteiger partial charge in [0.25, 0.3) is 0 Å². The molecule has 1 aromatic heterocycles. The zero-order valence-electron chi connectivity index (χ0n) is 22.2. The molecule has 0 spiro atoms. The molecule has 2 saturated heterocycles. The number of rotatable bonds is 13. The monoisotopic (exact) mass is 538 g/mol. The first-order valence-corrected chi connectivity index (χ1v) is 14.0. The number of nitriles is 1. The van der Waals surface area contributed by atoms with Crippen molar-refractivity contribution < 1.29 is 24.2 Å². The number of aromatic nitrogens is 1. The highest BCUT2D eigenvalue weighted by Crippen LogP contribution is 2.34. The van der Waals surface area contributed by atoms with Gasteiger partial charge in [-0.05, 0) is 43.4 Å². The summed E-state index contributed by atoms with van der Waals surface area (Å²) in [6.07, 6.45) is 2.49. The van der Waals surface area contributed by atoms with E-state index in [1.165, 1.54) is 0 Å². The molecule has 4 unspecified atom stereocenters. The lowest BCUT2D eigenvalue weighted by Gasteiger charge is -2.26. The predicted molar refractivity (Wildman–Crippen MR) is 144 cm³/mol. The molecular weight excluding hydrogens is 500 g/mol. The van der Waals surface area contributed by atoms with Crippen LogP contribution in [0.5, 0.6) is 5.75 Å². The van der Waals surface area contributed by atoms with E-state index in [0.717, 1.165) is 62.3 Å². The summed E-state index contributed by atoms with van der Waals surface area (Å²) in [7, 11) is 0. The smallest absolute Gasteiger partial charge is 0.238 e. The van der Waals surface area contributed by atoms with Crippen LogP contribution >= 0.6 is 0 Å². The van der Waals surface area contributed by atoms with Gasteiger partial charge in [0.2, 0.25) is 11.8 Å². The molecule has 2 aromatic rings. The van der Waals surface area contributed by atoms with Gasteiger partial charge in [-0.3, -0.25) is 19.8 Å². The molecule has 1 saturated carbocycles. The standard InChI is InChI=1S/C28H38N6O5/c29-17-20(15-19-6-7-30-26(19)35)31-27(36)23(14-18-4-5-18)33-28(37)24-16-21-22(32-24)2-1-3-25(21)39-13-10-34-8-11-38-12-9-34/h1-3,16,18-20,23,28,32-33,37H,4-15H2,(H,30,35)(H,31,36). The summed E-state index contributed by atoms with van der Waals surface area (Å²) in [5, 5.41) is 30.2. The zero-order chi connectivity index (χ0) is 27.2. The number of amides is 2. The Labute approximate surface area is 228 Å². The van der Waals surface area contributed by atoms with Gasteiger partial charge in [-0.2, -0.15) is 5.26 Å². The van der Waals surface area contributed by atoms with Crippen LogP contribution in [0.3, 0.4) is 0 Å². The van der Waals surface area contributed by atoms with Crippen molar-refractivity contribution in [1.29, 1.82) is 5.26 Å². The van der Waals surface area contributed by atoms with Crippen molar-refractivity contribution in [2.24, 2.45) is 11.8 Å². The van der Waals surface area contributed by atoms with E-state index in [1.54, 1.807) is 0 Å². The van der Waals surface area contributed by atoms with Crippen molar-refractivity contribution >= 4 is 22.7 Å². The van der Waals surface area contributed by atoms with E-state index >= 15 is 0 Å². The van der Waals surface area contributed by atoms with E-state index in [-0.39, 0.29) is 24.2 Å². The van der Waals surface area contributed by atoms with Gasteiger partial charge in [0.15, 0.2) is 0 Å². The lowest BCUT2D eigenvalue weighted by molar-refractivity contribution is -0.126. The van der Waals surface area contributed by atoms with Crippen LogP contribution in [0, 0.1) is 23.2 Å². The normalized spacial score (nSPS) is 22.2. The van der Waals surface area contributed by atoms with Crippen molar-refractivity contribution in [3.8, 4) is 11.8 Å². The van der Waals surface area contributed by atoms with Crippen LogP contribution in [0.2, 0.25) is 0 Å². The van der Waals surface area contributed by atoms with Crippen LogP contribution in [0.15, 0.2) is 24.3 Å². The third kappa shape index (κ3) is 7.28. The number of aliphatic hydroxyl groups excluding tert-OH is 1. The second-order valence-electron chi connectivity index (χ2n) is 10.7. The molecule has 1 aromatic carbocycles. The Morgan fingerprint density at radius 3 is 2.79 bits per heavy atom. The minimum Gasteiger partial charge on any atom is -0.492 e. The van der Waals surface area contributed by atoms with E-state index in [1.807, 2.05) is 24.3 Å². The molecule has 4 atom stereocenters. The summed E-state index contributed by atoms with van der Waals surface area (Å²) in [6.45, 7) is 5.26. The fourth-order valence-corrected chi connectivity index (χ4v) is 5.32. The number of aromatic amines is 1. The largest absolute Gasteiger partial charge is 0.492 e. The molecule has 5 rings (SSSR count). The molecule has 39 heavy (non-hydrogen) atoms. The molecule has 2 aliphatic heterocycles. The van der Waals surface area contributed by atoms with E-state index in [0.29, 0.717) is 37.6 Å². The fraction of sp³-hybridized carbons (Fsp3) is 0.607. The Morgan fingerprint density at radius 2 is 2.08 bits per heavy atom. The molecule has 3 aliphatic rings. The Hall–Kier alpha value is -3.17. The SMILES string of the molecule is N#CC(CC1CCNC1=O)NC(=O)C(CC1CC1)NC(O)c1cc2c(OCCN3CCOCC3)cccc2[nH]1. The maximum absolute atomic E-state index is 13.2. The summed E-state index contributed by atoms with van der Waals surface area (Å²) in [6, 6.07) is 8.27. The highest BCUT2D eigenvalue weighted by atomic mass is 16.5. The van der Waals surface area contributed by atoms with Gasteiger partial charge in [-0.25, -0.2) is 0 Å². The Bertz CT molecular complexity index is 1180. The summed E-state index contributed by atoms with van der Waals surface area (Å²) in [4.78, 5) is 30.7. The minimum absolute atomic E-state index is 0.0733. The fourth-order valence-electron chi connectivity index (χ4n) is 5.32. The lowest BCUT2D eigenvalue weighted by Crippen LogP contribution is -2.49. The Morgan fingerprint density at radius 1 is 1.26 bits per heavy atom. The molecule has 11 heteroatoms. The van der Waals surface area contributed by atoms with Gasteiger partial charge in [-0.1, -0.05) is 18.9 Å². The Balaban J connectivity index is 1.21. The molecule has 5 N–H and O–H groups in total. The topological polar surface area (TPSA) is 152 Å². The van der Waals surface area contributed by atoms with Crippen LogP contribution in [-0.4, -0.2) is 84.9 Å². The average Bonchev–Trinajstić information content (AvgIpc) is 3.50. The maximum atomic E-state index is 13.2. The van der Waals surface area contributed by atoms with Gasteiger partial charge >= 0.3 is 0 Å². The number of hydrogen-bond acceptors (Lipinski definition) is 8. The highest BCUT2D eigenvalue weighted by molar-refractivity contribution is 5.87. The van der Waals surface area contributed by atoms with Gasteiger partial charge in [0.1, 0.15) is 24.6 Å². The van der Waals surface area contributed by atoms with Gasteiger partial charge in [0.05, 0.1) is 31.0 Å². The highest BCUT2D eigenvalue weighted by Gasteiger charge is 2.33. The van der Waals surface area contributed by atoms with Crippen molar-refractivity contribution in [2.75, 3.05) is 46.0 Å². The predicted octanol–water partition coefficient (Wildman–Crippen LogP) is 1.16. The van der Waals surface area contributed by atoms with E-state index < -0.39 is 18.3 Å².